The fourth-order valence-electron chi connectivity index (χ4n) is 0.993. The average molecular weight is 170 g/mol. The lowest BCUT2D eigenvalue weighted by atomic mass is 10.1. The van der Waals surface area contributed by atoms with Gasteiger partial charge in [0, 0.05) is 0 Å². The second kappa shape index (κ2) is 6.47. The standard InChI is InChI=1S/C11H24N/c1-10(2)6-8-12(5)9-7-11(3)4/h10-11H,5-9H2,1-4H3/q-1. The topological polar surface area (TPSA) is 3.24 Å². The zero-order valence-corrected chi connectivity index (χ0v) is 9.14. The van der Waals surface area contributed by atoms with Crippen molar-refractivity contribution >= 4 is 0 Å². The van der Waals surface area contributed by atoms with Crippen LogP contribution in [0.2, 0.25) is 0 Å². The molecule has 0 aromatic heterocycles. The van der Waals surface area contributed by atoms with E-state index in [-0.39, 0.29) is 0 Å². The number of nitrogens with zero attached hydrogens (tertiary/aromatic N) is 1. The molecule has 0 saturated carbocycles. The molecule has 0 fully saturated rings. The van der Waals surface area contributed by atoms with Crippen molar-refractivity contribution in [1.29, 1.82) is 0 Å². The van der Waals surface area contributed by atoms with Gasteiger partial charge in [0.25, 0.3) is 0 Å². The van der Waals surface area contributed by atoms with Crippen LogP contribution in [0.15, 0.2) is 0 Å². The van der Waals surface area contributed by atoms with Gasteiger partial charge in [-0.2, -0.15) is 0 Å². The highest BCUT2D eigenvalue weighted by Gasteiger charge is 1.97. The predicted molar refractivity (Wildman–Crippen MR) is 55.8 cm³/mol. The van der Waals surface area contributed by atoms with Crippen LogP contribution in [0.5, 0.6) is 0 Å². The molecule has 0 aliphatic carbocycles. The third-order valence-corrected chi connectivity index (χ3v) is 2.05. The van der Waals surface area contributed by atoms with Crippen molar-refractivity contribution in [1.82, 2.24) is 4.90 Å². The first-order valence-corrected chi connectivity index (χ1v) is 5.07. The molecule has 0 atom stereocenters. The van der Waals surface area contributed by atoms with Crippen molar-refractivity contribution in [2.24, 2.45) is 11.8 Å². The summed E-state index contributed by atoms with van der Waals surface area (Å²) in [5, 5.41) is 0. The summed E-state index contributed by atoms with van der Waals surface area (Å²) in [4.78, 5) is 2.19. The number of hydrogen-bond donors (Lipinski definition) is 0. The molecule has 0 bridgehead atoms. The fourth-order valence-corrected chi connectivity index (χ4v) is 0.993. The fraction of sp³-hybridized carbons (Fsp3) is 0.909. The largest absolute Gasteiger partial charge is 0.459 e. The Morgan fingerprint density at radius 2 is 1.25 bits per heavy atom. The van der Waals surface area contributed by atoms with Crippen LogP contribution in [0, 0.1) is 18.9 Å². The van der Waals surface area contributed by atoms with Crippen LogP contribution in [-0.2, 0) is 0 Å². The Balaban J connectivity index is 3.27. The minimum Gasteiger partial charge on any atom is -0.459 e. The van der Waals surface area contributed by atoms with Crippen molar-refractivity contribution in [2.45, 2.75) is 40.5 Å². The molecule has 1 heteroatoms. The quantitative estimate of drug-likeness (QED) is 0.553. The Morgan fingerprint density at radius 3 is 1.50 bits per heavy atom. The summed E-state index contributed by atoms with van der Waals surface area (Å²) in [6.07, 6.45) is 2.53. The van der Waals surface area contributed by atoms with Crippen molar-refractivity contribution in [3.05, 3.63) is 7.05 Å². The highest BCUT2D eigenvalue weighted by molar-refractivity contribution is 4.58. The normalized spacial score (nSPS) is 12.0. The molecule has 0 spiro atoms. The van der Waals surface area contributed by atoms with E-state index in [9.17, 15) is 0 Å². The third kappa shape index (κ3) is 8.06. The van der Waals surface area contributed by atoms with Gasteiger partial charge in [-0.05, 0) is 37.8 Å². The van der Waals surface area contributed by atoms with E-state index < -0.39 is 0 Å². The molecule has 0 aliphatic heterocycles. The van der Waals surface area contributed by atoms with Gasteiger partial charge in [0.15, 0.2) is 0 Å². The molecule has 0 saturated heterocycles. The van der Waals surface area contributed by atoms with Crippen LogP contribution in [0.4, 0.5) is 0 Å². The van der Waals surface area contributed by atoms with Crippen molar-refractivity contribution in [3.8, 4) is 0 Å². The molecule has 0 N–H and O–H groups in total. The summed E-state index contributed by atoms with van der Waals surface area (Å²) in [6, 6.07) is 0. The highest BCUT2D eigenvalue weighted by Crippen LogP contribution is 2.04. The van der Waals surface area contributed by atoms with Crippen LogP contribution in [-0.4, -0.2) is 18.0 Å². The number of hydrogen-bond acceptors (Lipinski definition) is 1. The minimum atomic E-state index is 0.799. The van der Waals surface area contributed by atoms with Gasteiger partial charge in [0.2, 0.25) is 0 Å². The summed E-state index contributed by atoms with van der Waals surface area (Å²) in [5.41, 5.74) is 0. The van der Waals surface area contributed by atoms with Gasteiger partial charge in [-0.3, -0.25) is 7.05 Å². The zero-order chi connectivity index (χ0) is 9.56. The molecule has 0 aromatic rings. The lowest BCUT2D eigenvalue weighted by Crippen LogP contribution is -2.20. The van der Waals surface area contributed by atoms with E-state index in [0.717, 1.165) is 24.9 Å². The van der Waals surface area contributed by atoms with Gasteiger partial charge in [-0.1, -0.05) is 27.7 Å². The lowest BCUT2D eigenvalue weighted by molar-refractivity contribution is 0.319. The predicted octanol–water partition coefficient (Wildman–Crippen LogP) is 3.17. The smallest absolute Gasteiger partial charge is 0.0301 e. The molecule has 0 rings (SSSR count). The molecule has 74 valence electrons. The molecule has 0 aliphatic rings. The molecule has 0 amide bonds. The zero-order valence-electron chi connectivity index (χ0n) is 9.14. The first kappa shape index (κ1) is 12.0. The van der Waals surface area contributed by atoms with Gasteiger partial charge in [-0.15, -0.1) is 0 Å². The molecule has 0 unspecified atom stereocenters. The first-order chi connectivity index (χ1) is 5.52. The maximum Gasteiger partial charge on any atom is -0.0301 e. The monoisotopic (exact) mass is 170 g/mol. The maximum absolute atomic E-state index is 4.02. The van der Waals surface area contributed by atoms with Crippen LogP contribution in [0.25, 0.3) is 0 Å². The van der Waals surface area contributed by atoms with E-state index in [2.05, 4.69) is 39.6 Å². The van der Waals surface area contributed by atoms with Crippen LogP contribution in [0.1, 0.15) is 40.5 Å². The molecular weight excluding hydrogens is 146 g/mol. The van der Waals surface area contributed by atoms with Gasteiger partial charge < -0.3 is 4.90 Å². The summed E-state index contributed by atoms with van der Waals surface area (Å²) < 4.78 is 0. The second-order valence-corrected chi connectivity index (χ2v) is 4.48. The summed E-state index contributed by atoms with van der Waals surface area (Å²) >= 11 is 0. The van der Waals surface area contributed by atoms with E-state index in [4.69, 9.17) is 0 Å². The van der Waals surface area contributed by atoms with Crippen molar-refractivity contribution < 1.29 is 0 Å². The lowest BCUT2D eigenvalue weighted by Gasteiger charge is -2.26. The summed E-state index contributed by atoms with van der Waals surface area (Å²) in [5.74, 6) is 1.60. The minimum absolute atomic E-state index is 0.799. The Hall–Kier alpha value is -0.0400. The van der Waals surface area contributed by atoms with Gasteiger partial charge in [0.05, 0.1) is 0 Å². The van der Waals surface area contributed by atoms with Crippen molar-refractivity contribution in [3.63, 3.8) is 0 Å². The van der Waals surface area contributed by atoms with E-state index in [1.54, 1.807) is 0 Å². The van der Waals surface area contributed by atoms with Gasteiger partial charge >= 0.3 is 0 Å². The number of rotatable bonds is 6. The maximum atomic E-state index is 4.02. The third-order valence-electron chi connectivity index (χ3n) is 2.05. The molecular formula is C11H24N-. The highest BCUT2D eigenvalue weighted by atomic mass is 15.1. The Bertz CT molecular complexity index is 85.2. The second-order valence-electron chi connectivity index (χ2n) is 4.48. The van der Waals surface area contributed by atoms with Gasteiger partial charge in [0.1, 0.15) is 0 Å². The first-order valence-electron chi connectivity index (χ1n) is 5.07. The SMILES string of the molecule is [CH2-]N(CCC(C)C)CCC(C)C. The van der Waals surface area contributed by atoms with E-state index in [0.29, 0.717) is 0 Å². The Kier molecular flexibility index (Phi) is 6.45. The molecule has 12 heavy (non-hydrogen) atoms. The van der Waals surface area contributed by atoms with Crippen LogP contribution < -0.4 is 0 Å². The van der Waals surface area contributed by atoms with E-state index in [1.807, 2.05) is 0 Å². The Labute approximate surface area is 78.1 Å². The molecule has 1 nitrogen and oxygen atoms in total. The average Bonchev–Trinajstić information content (AvgIpc) is 1.96. The van der Waals surface area contributed by atoms with E-state index >= 15 is 0 Å². The Morgan fingerprint density at radius 1 is 0.917 bits per heavy atom. The summed E-state index contributed by atoms with van der Waals surface area (Å²) in [7, 11) is 4.02. The molecule has 0 heterocycles. The molecule has 0 radical (unpaired) electrons. The van der Waals surface area contributed by atoms with Crippen LogP contribution in [0.3, 0.4) is 0 Å². The molecule has 0 aromatic carbocycles. The van der Waals surface area contributed by atoms with Gasteiger partial charge in [-0.25, -0.2) is 0 Å². The van der Waals surface area contributed by atoms with Crippen molar-refractivity contribution in [2.75, 3.05) is 13.1 Å². The summed E-state index contributed by atoms with van der Waals surface area (Å²) in [6.45, 7) is 11.3. The van der Waals surface area contributed by atoms with Crippen LogP contribution >= 0.6 is 0 Å². The van der Waals surface area contributed by atoms with E-state index in [1.165, 1.54) is 12.8 Å².